The number of nitrogens with one attached hydrogen (secondary N) is 1. The number of hydrogen-bond acceptors (Lipinski definition) is 4. The third-order valence-electron chi connectivity index (χ3n) is 4.26. The van der Waals surface area contributed by atoms with Gasteiger partial charge in [0, 0.05) is 38.9 Å². The van der Waals surface area contributed by atoms with Gasteiger partial charge in [0.25, 0.3) is 0 Å². The lowest BCUT2D eigenvalue weighted by atomic mass is 10.1. The number of amides is 1. The molecular formula is C19H28ClFN2O3. The van der Waals surface area contributed by atoms with Crippen LogP contribution in [-0.4, -0.2) is 42.9 Å². The molecule has 146 valence electrons. The van der Waals surface area contributed by atoms with E-state index in [-0.39, 0.29) is 11.6 Å². The Morgan fingerprint density at radius 1 is 1.35 bits per heavy atom. The molecule has 0 atom stereocenters. The third kappa shape index (κ3) is 6.41. The van der Waals surface area contributed by atoms with E-state index in [0.717, 1.165) is 31.5 Å². The Labute approximate surface area is 159 Å². The fraction of sp³-hybridized carbons (Fsp3) is 0.632. The van der Waals surface area contributed by atoms with Crippen LogP contribution in [0.3, 0.4) is 0 Å². The maximum Gasteiger partial charge on any atom is 0.407 e. The van der Waals surface area contributed by atoms with Crippen LogP contribution in [0.2, 0.25) is 5.02 Å². The first-order chi connectivity index (χ1) is 12.2. The molecule has 0 bridgehead atoms. The van der Waals surface area contributed by atoms with Gasteiger partial charge < -0.3 is 14.8 Å². The van der Waals surface area contributed by atoms with Crippen molar-refractivity contribution in [2.24, 2.45) is 0 Å². The van der Waals surface area contributed by atoms with Crippen LogP contribution in [0.25, 0.3) is 0 Å². The van der Waals surface area contributed by atoms with Gasteiger partial charge in [0.1, 0.15) is 11.4 Å². The van der Waals surface area contributed by atoms with Crippen molar-refractivity contribution in [1.82, 2.24) is 10.2 Å². The highest BCUT2D eigenvalue weighted by Gasteiger charge is 2.20. The lowest BCUT2D eigenvalue weighted by Gasteiger charge is -2.31. The summed E-state index contributed by atoms with van der Waals surface area (Å²) < 4.78 is 24.9. The van der Waals surface area contributed by atoms with Crippen molar-refractivity contribution < 1.29 is 18.7 Å². The summed E-state index contributed by atoms with van der Waals surface area (Å²) in [6, 6.07) is 3.40. The van der Waals surface area contributed by atoms with Crippen molar-refractivity contribution in [1.29, 1.82) is 0 Å². The molecular weight excluding hydrogens is 359 g/mol. The maximum atomic E-state index is 14.3. The topological polar surface area (TPSA) is 50.8 Å². The highest BCUT2D eigenvalue weighted by Crippen LogP contribution is 2.23. The van der Waals surface area contributed by atoms with Crippen LogP contribution in [0.5, 0.6) is 0 Å². The maximum absolute atomic E-state index is 14.3. The van der Waals surface area contributed by atoms with Gasteiger partial charge in [-0.3, -0.25) is 4.90 Å². The highest BCUT2D eigenvalue weighted by molar-refractivity contribution is 6.30. The van der Waals surface area contributed by atoms with Crippen molar-refractivity contribution in [2.45, 2.75) is 58.4 Å². The van der Waals surface area contributed by atoms with Gasteiger partial charge >= 0.3 is 6.09 Å². The number of carbonyl (C=O) groups is 1. The van der Waals surface area contributed by atoms with E-state index < -0.39 is 17.5 Å². The summed E-state index contributed by atoms with van der Waals surface area (Å²) in [7, 11) is 1.74. The number of alkyl carbamates (subject to hydrolysis) is 1. The molecule has 1 fully saturated rings. The van der Waals surface area contributed by atoms with Crippen molar-refractivity contribution in [3.8, 4) is 0 Å². The van der Waals surface area contributed by atoms with Gasteiger partial charge in [-0.1, -0.05) is 11.6 Å². The first kappa shape index (κ1) is 20.9. The quantitative estimate of drug-likeness (QED) is 0.827. The predicted octanol–water partition coefficient (Wildman–Crippen LogP) is 4.11. The molecule has 0 spiro atoms. The molecule has 1 heterocycles. The van der Waals surface area contributed by atoms with Gasteiger partial charge in [0.05, 0.1) is 11.1 Å². The molecule has 2 rings (SSSR count). The standard InChI is InChI=1S/C19H28ClFN2O3/c1-19(2,3)26-18(24)22-11-14-9-13(10-16(20)17(14)21)12-23-7-5-15(25-4)6-8-23/h9-10,15H,5-8,11-12H2,1-4H3,(H,22,24). The van der Waals surface area contributed by atoms with E-state index in [9.17, 15) is 9.18 Å². The number of rotatable bonds is 5. The van der Waals surface area contributed by atoms with E-state index in [1.165, 1.54) is 0 Å². The van der Waals surface area contributed by atoms with Crippen molar-refractivity contribution >= 4 is 17.7 Å². The van der Waals surface area contributed by atoms with Gasteiger partial charge in [0.2, 0.25) is 0 Å². The lowest BCUT2D eigenvalue weighted by molar-refractivity contribution is 0.0388. The largest absolute Gasteiger partial charge is 0.444 e. The first-order valence-electron chi connectivity index (χ1n) is 8.86. The van der Waals surface area contributed by atoms with Crippen LogP contribution in [-0.2, 0) is 22.6 Å². The summed E-state index contributed by atoms with van der Waals surface area (Å²) in [6.07, 6.45) is 1.70. The smallest absolute Gasteiger partial charge is 0.407 e. The molecule has 0 unspecified atom stereocenters. The minimum atomic E-state index is -0.601. The number of hydrogen-bond donors (Lipinski definition) is 1. The normalized spacial score (nSPS) is 16.5. The Hall–Kier alpha value is -1.37. The van der Waals surface area contributed by atoms with Gasteiger partial charge in [-0.15, -0.1) is 0 Å². The summed E-state index contributed by atoms with van der Waals surface area (Å²) in [5.74, 6) is -0.510. The Morgan fingerprint density at radius 3 is 2.58 bits per heavy atom. The van der Waals surface area contributed by atoms with Crippen LogP contribution in [0.4, 0.5) is 9.18 Å². The molecule has 1 amide bonds. The van der Waals surface area contributed by atoms with E-state index in [4.69, 9.17) is 21.1 Å². The van der Waals surface area contributed by atoms with Crippen LogP contribution >= 0.6 is 11.6 Å². The fourth-order valence-corrected chi connectivity index (χ4v) is 3.23. The van der Waals surface area contributed by atoms with Gasteiger partial charge in [-0.2, -0.15) is 0 Å². The van der Waals surface area contributed by atoms with Crippen LogP contribution < -0.4 is 5.32 Å². The number of carbonyl (C=O) groups excluding carboxylic acids is 1. The van der Waals surface area contributed by atoms with Gasteiger partial charge in [-0.05, 0) is 51.3 Å². The number of likely N-dealkylation sites (tertiary alicyclic amines) is 1. The fourth-order valence-electron chi connectivity index (χ4n) is 2.97. The number of piperidine rings is 1. The van der Waals surface area contributed by atoms with E-state index in [1.807, 2.05) is 0 Å². The molecule has 5 nitrogen and oxygen atoms in total. The molecule has 0 radical (unpaired) electrons. The first-order valence-corrected chi connectivity index (χ1v) is 9.24. The summed E-state index contributed by atoms with van der Waals surface area (Å²) in [5, 5.41) is 2.64. The van der Waals surface area contributed by atoms with Crippen molar-refractivity contribution in [3.63, 3.8) is 0 Å². The SMILES string of the molecule is COC1CCN(Cc2cc(Cl)c(F)c(CNC(=O)OC(C)(C)C)c2)CC1. The van der Waals surface area contributed by atoms with E-state index >= 15 is 0 Å². The van der Waals surface area contributed by atoms with E-state index in [0.29, 0.717) is 18.2 Å². The molecule has 0 saturated carbocycles. The monoisotopic (exact) mass is 386 g/mol. The molecule has 1 aromatic rings. The zero-order valence-electron chi connectivity index (χ0n) is 15.9. The average molecular weight is 387 g/mol. The van der Waals surface area contributed by atoms with Crippen LogP contribution in [0, 0.1) is 5.82 Å². The minimum Gasteiger partial charge on any atom is -0.444 e. The Bertz CT molecular complexity index is 626. The number of ether oxygens (including phenoxy) is 2. The number of benzene rings is 1. The summed E-state index contributed by atoms with van der Waals surface area (Å²) in [4.78, 5) is 14.1. The molecule has 26 heavy (non-hydrogen) atoms. The van der Waals surface area contributed by atoms with Crippen LogP contribution in [0.1, 0.15) is 44.7 Å². The second kappa shape index (κ2) is 9.02. The average Bonchev–Trinajstić information content (AvgIpc) is 2.56. The highest BCUT2D eigenvalue weighted by atomic mass is 35.5. The molecule has 1 aliphatic rings. The van der Waals surface area contributed by atoms with Gasteiger partial charge in [-0.25, -0.2) is 9.18 Å². The number of nitrogens with zero attached hydrogens (tertiary/aromatic N) is 1. The molecule has 0 aromatic heterocycles. The third-order valence-corrected chi connectivity index (χ3v) is 4.53. The molecule has 7 heteroatoms. The number of methoxy groups -OCH3 is 1. The minimum absolute atomic E-state index is 0.0278. The molecule has 0 aliphatic carbocycles. The van der Waals surface area contributed by atoms with Crippen molar-refractivity contribution in [2.75, 3.05) is 20.2 Å². The Morgan fingerprint density at radius 2 is 2.00 bits per heavy atom. The molecule has 1 aliphatic heterocycles. The summed E-state index contributed by atoms with van der Waals surface area (Å²) in [6.45, 7) is 7.90. The van der Waals surface area contributed by atoms with Gasteiger partial charge in [0.15, 0.2) is 0 Å². The molecule has 1 aromatic carbocycles. The zero-order chi connectivity index (χ0) is 19.3. The Kier molecular flexibility index (Phi) is 7.26. The summed E-state index contributed by atoms with van der Waals surface area (Å²) in [5.41, 5.74) is 0.676. The molecule has 1 N–H and O–H groups in total. The second-order valence-corrected chi connectivity index (χ2v) is 8.02. The Balaban J connectivity index is 1.98. The van der Waals surface area contributed by atoms with E-state index in [1.54, 1.807) is 40.0 Å². The van der Waals surface area contributed by atoms with Crippen LogP contribution in [0.15, 0.2) is 12.1 Å². The summed E-state index contributed by atoms with van der Waals surface area (Å²) >= 11 is 6.05. The zero-order valence-corrected chi connectivity index (χ0v) is 16.7. The number of halogens is 2. The second-order valence-electron chi connectivity index (χ2n) is 7.62. The lowest BCUT2D eigenvalue weighted by Crippen LogP contribution is -2.36. The van der Waals surface area contributed by atoms with E-state index in [2.05, 4.69) is 10.2 Å². The van der Waals surface area contributed by atoms with Crippen molar-refractivity contribution in [3.05, 3.63) is 34.1 Å². The molecule has 1 saturated heterocycles. The predicted molar refractivity (Wildman–Crippen MR) is 99.8 cm³/mol.